The van der Waals surface area contributed by atoms with Crippen LogP contribution in [0, 0.1) is 6.92 Å². The number of benzene rings is 1. The minimum atomic E-state index is -3.65. The van der Waals surface area contributed by atoms with Gasteiger partial charge in [0, 0.05) is 11.6 Å². The lowest BCUT2D eigenvalue weighted by atomic mass is 10.2. The van der Waals surface area contributed by atoms with Crippen LogP contribution in [0.15, 0.2) is 41.4 Å². The highest BCUT2D eigenvalue weighted by Crippen LogP contribution is 2.21. The molecule has 1 heterocycles. The largest absolute Gasteiger partial charge is 0.370 e. The van der Waals surface area contributed by atoms with Crippen LogP contribution in [0.2, 0.25) is 5.02 Å². The minimum Gasteiger partial charge on any atom is -0.370 e. The molecule has 0 bridgehead atoms. The Morgan fingerprint density at radius 2 is 2.00 bits per heavy atom. The number of aromatic nitrogens is 1. The Balaban J connectivity index is 2.16. The molecule has 1 aromatic carbocycles. The Kier molecular flexibility index (Phi) is 5.26. The Morgan fingerprint density at radius 1 is 1.23 bits per heavy atom. The molecule has 0 saturated carbocycles. The first-order chi connectivity index (χ1) is 10.4. The molecule has 0 atom stereocenters. The van der Waals surface area contributed by atoms with Crippen LogP contribution >= 0.6 is 11.6 Å². The summed E-state index contributed by atoms with van der Waals surface area (Å²) >= 11 is 5.92. The molecule has 2 N–H and O–H groups in total. The van der Waals surface area contributed by atoms with Crippen LogP contribution in [-0.4, -0.2) is 19.9 Å². The summed E-state index contributed by atoms with van der Waals surface area (Å²) in [6, 6.07) is 7.99. The summed E-state index contributed by atoms with van der Waals surface area (Å²) in [7, 11) is -3.65. The van der Waals surface area contributed by atoms with E-state index in [0.717, 1.165) is 13.0 Å². The molecule has 7 heteroatoms. The van der Waals surface area contributed by atoms with Crippen LogP contribution in [0.4, 0.5) is 11.5 Å². The number of pyridine rings is 1. The molecular weight excluding hydrogens is 322 g/mol. The van der Waals surface area contributed by atoms with Gasteiger partial charge in [-0.3, -0.25) is 4.72 Å². The van der Waals surface area contributed by atoms with E-state index >= 15 is 0 Å². The monoisotopic (exact) mass is 339 g/mol. The second kappa shape index (κ2) is 6.98. The predicted molar refractivity (Wildman–Crippen MR) is 90.0 cm³/mol. The summed E-state index contributed by atoms with van der Waals surface area (Å²) in [5.41, 5.74) is 1.12. The fraction of sp³-hybridized carbons (Fsp3) is 0.267. The summed E-state index contributed by atoms with van der Waals surface area (Å²) in [4.78, 5) is 4.34. The van der Waals surface area contributed by atoms with E-state index < -0.39 is 10.0 Å². The average molecular weight is 340 g/mol. The maximum atomic E-state index is 12.3. The van der Waals surface area contributed by atoms with Crippen LogP contribution in [0.5, 0.6) is 0 Å². The quantitative estimate of drug-likeness (QED) is 0.842. The van der Waals surface area contributed by atoms with Gasteiger partial charge in [0.05, 0.1) is 16.8 Å². The summed E-state index contributed by atoms with van der Waals surface area (Å²) in [6.07, 6.45) is 2.48. The van der Waals surface area contributed by atoms with Crippen molar-refractivity contribution in [1.82, 2.24) is 4.98 Å². The number of sulfonamides is 1. The molecule has 0 amide bonds. The predicted octanol–water partition coefficient (Wildman–Crippen LogP) is 3.67. The van der Waals surface area contributed by atoms with Crippen LogP contribution in [0.3, 0.4) is 0 Å². The van der Waals surface area contributed by atoms with Gasteiger partial charge in [0.15, 0.2) is 0 Å². The fourth-order valence-corrected chi connectivity index (χ4v) is 3.06. The van der Waals surface area contributed by atoms with Crippen molar-refractivity contribution in [2.75, 3.05) is 16.6 Å². The van der Waals surface area contributed by atoms with Crippen LogP contribution in [-0.2, 0) is 10.0 Å². The zero-order chi connectivity index (χ0) is 16.2. The van der Waals surface area contributed by atoms with Crippen LogP contribution in [0.25, 0.3) is 0 Å². The second-order valence-electron chi connectivity index (χ2n) is 4.88. The Morgan fingerprint density at radius 3 is 2.59 bits per heavy atom. The van der Waals surface area contributed by atoms with E-state index in [0.29, 0.717) is 22.1 Å². The Labute approximate surface area is 135 Å². The van der Waals surface area contributed by atoms with Gasteiger partial charge in [-0.05, 0) is 49.2 Å². The van der Waals surface area contributed by atoms with Gasteiger partial charge >= 0.3 is 0 Å². The van der Waals surface area contributed by atoms with E-state index in [1.165, 1.54) is 18.3 Å². The third-order valence-corrected chi connectivity index (χ3v) is 4.81. The van der Waals surface area contributed by atoms with Crippen molar-refractivity contribution in [3.63, 3.8) is 0 Å². The number of hydrogen-bond donors (Lipinski definition) is 2. The Hall–Kier alpha value is -1.79. The molecule has 0 saturated heterocycles. The number of halogens is 1. The Bertz CT molecular complexity index is 746. The van der Waals surface area contributed by atoms with Crippen LogP contribution in [0.1, 0.15) is 18.9 Å². The number of hydrogen-bond acceptors (Lipinski definition) is 4. The van der Waals surface area contributed by atoms with Gasteiger partial charge in [-0.25, -0.2) is 13.4 Å². The normalized spacial score (nSPS) is 11.2. The molecule has 22 heavy (non-hydrogen) atoms. The van der Waals surface area contributed by atoms with E-state index in [1.807, 2.05) is 0 Å². The number of nitrogens with one attached hydrogen (secondary N) is 2. The number of aryl methyl sites for hydroxylation is 1. The second-order valence-corrected chi connectivity index (χ2v) is 6.96. The molecule has 0 aliphatic carbocycles. The van der Waals surface area contributed by atoms with Crippen molar-refractivity contribution in [3.05, 3.63) is 47.1 Å². The first kappa shape index (κ1) is 16.6. The highest BCUT2D eigenvalue weighted by Gasteiger charge is 2.15. The fourth-order valence-electron chi connectivity index (χ4n) is 1.81. The lowest BCUT2D eigenvalue weighted by molar-refractivity contribution is 0.601. The van der Waals surface area contributed by atoms with Crippen molar-refractivity contribution in [2.24, 2.45) is 0 Å². The van der Waals surface area contributed by atoms with Crippen molar-refractivity contribution >= 4 is 33.1 Å². The van der Waals surface area contributed by atoms with E-state index in [4.69, 9.17) is 11.6 Å². The van der Waals surface area contributed by atoms with Gasteiger partial charge in [0.1, 0.15) is 5.82 Å². The highest BCUT2D eigenvalue weighted by atomic mass is 35.5. The number of rotatable bonds is 6. The lowest BCUT2D eigenvalue weighted by Crippen LogP contribution is -2.13. The van der Waals surface area contributed by atoms with Gasteiger partial charge in [-0.2, -0.15) is 0 Å². The zero-order valence-electron chi connectivity index (χ0n) is 12.4. The van der Waals surface area contributed by atoms with Gasteiger partial charge in [0.2, 0.25) is 0 Å². The van der Waals surface area contributed by atoms with E-state index in [2.05, 4.69) is 21.9 Å². The molecule has 2 rings (SSSR count). The van der Waals surface area contributed by atoms with E-state index in [9.17, 15) is 8.42 Å². The highest BCUT2D eigenvalue weighted by molar-refractivity contribution is 7.92. The maximum absolute atomic E-state index is 12.3. The average Bonchev–Trinajstić information content (AvgIpc) is 2.49. The SMILES string of the molecule is CCCNc1ccc(NS(=O)(=O)c2ccc(Cl)c(C)c2)cn1. The van der Waals surface area contributed by atoms with Gasteiger partial charge in [-0.15, -0.1) is 0 Å². The van der Waals surface area contributed by atoms with Crippen LogP contribution < -0.4 is 10.0 Å². The molecule has 1 aromatic heterocycles. The molecular formula is C15H18ClN3O2S. The number of nitrogens with zero attached hydrogens (tertiary/aromatic N) is 1. The third kappa shape index (κ3) is 4.11. The molecule has 0 aliphatic heterocycles. The summed E-state index contributed by atoms with van der Waals surface area (Å²) in [5.74, 6) is 0.715. The van der Waals surface area contributed by atoms with E-state index in [1.54, 1.807) is 25.1 Å². The molecule has 0 spiro atoms. The molecule has 0 aliphatic rings. The molecule has 0 fully saturated rings. The maximum Gasteiger partial charge on any atom is 0.261 e. The molecule has 0 radical (unpaired) electrons. The smallest absolute Gasteiger partial charge is 0.261 e. The summed E-state index contributed by atoms with van der Waals surface area (Å²) < 4.78 is 27.2. The third-order valence-electron chi connectivity index (χ3n) is 3.01. The summed E-state index contributed by atoms with van der Waals surface area (Å²) in [5, 5.41) is 3.66. The topological polar surface area (TPSA) is 71.1 Å². The standard InChI is InChI=1S/C15H18ClN3O2S/c1-3-8-17-15-7-4-12(10-18-15)19-22(20,21)13-5-6-14(16)11(2)9-13/h4-7,9-10,19H,3,8H2,1-2H3,(H,17,18). The van der Waals surface area contributed by atoms with Gasteiger partial charge in [-0.1, -0.05) is 18.5 Å². The zero-order valence-corrected chi connectivity index (χ0v) is 14.0. The minimum absolute atomic E-state index is 0.169. The van der Waals surface area contributed by atoms with Crippen molar-refractivity contribution in [3.8, 4) is 0 Å². The summed E-state index contributed by atoms with van der Waals surface area (Å²) in [6.45, 7) is 4.64. The van der Waals surface area contributed by atoms with Gasteiger partial charge in [0.25, 0.3) is 10.0 Å². The van der Waals surface area contributed by atoms with Crippen molar-refractivity contribution in [1.29, 1.82) is 0 Å². The molecule has 2 aromatic rings. The van der Waals surface area contributed by atoms with E-state index in [-0.39, 0.29) is 4.90 Å². The first-order valence-corrected chi connectivity index (χ1v) is 8.77. The van der Waals surface area contributed by atoms with Gasteiger partial charge < -0.3 is 5.32 Å². The molecule has 5 nitrogen and oxygen atoms in total. The molecule has 118 valence electrons. The van der Waals surface area contributed by atoms with Crippen molar-refractivity contribution in [2.45, 2.75) is 25.2 Å². The lowest BCUT2D eigenvalue weighted by Gasteiger charge is -2.10. The first-order valence-electron chi connectivity index (χ1n) is 6.91. The van der Waals surface area contributed by atoms with Crippen molar-refractivity contribution < 1.29 is 8.42 Å². The number of anilines is 2. The molecule has 0 unspecified atom stereocenters.